The third kappa shape index (κ3) is 3.43. The van der Waals surface area contributed by atoms with E-state index in [-0.39, 0.29) is 17.9 Å². The molecule has 1 saturated carbocycles. The van der Waals surface area contributed by atoms with Gasteiger partial charge in [0.15, 0.2) is 0 Å². The van der Waals surface area contributed by atoms with Gasteiger partial charge in [0.1, 0.15) is 0 Å². The van der Waals surface area contributed by atoms with Crippen molar-refractivity contribution in [3.8, 4) is 0 Å². The van der Waals surface area contributed by atoms with E-state index in [9.17, 15) is 4.79 Å². The van der Waals surface area contributed by atoms with Gasteiger partial charge < -0.3 is 10.1 Å². The van der Waals surface area contributed by atoms with E-state index < -0.39 is 0 Å². The third-order valence-electron chi connectivity index (χ3n) is 5.47. The van der Waals surface area contributed by atoms with E-state index in [1.165, 1.54) is 5.56 Å². The van der Waals surface area contributed by atoms with Gasteiger partial charge in [-0.2, -0.15) is 5.10 Å². The quantitative estimate of drug-likeness (QED) is 0.872. The van der Waals surface area contributed by atoms with Crippen LogP contribution in [0, 0.1) is 17.8 Å². The maximum absolute atomic E-state index is 11.8. The molecule has 3 fully saturated rings. The van der Waals surface area contributed by atoms with Crippen molar-refractivity contribution in [1.82, 2.24) is 20.0 Å². The number of carbonyl (C=O) groups excluding carboxylic acids is 1. The number of aromatic nitrogens is 2. The molecular weight excluding hydrogens is 292 g/mol. The molecule has 0 radical (unpaired) electrons. The molecule has 3 atom stereocenters. The molecule has 0 bridgehead atoms. The van der Waals surface area contributed by atoms with Crippen molar-refractivity contribution >= 4 is 5.91 Å². The standard InChI is InChI=1S/C17H26N4O2/c1-20-8-12(6-19-20)9-21-5-4-15-14(10-21)11-23-16(15)7-18-17(22)13-2-3-13/h6,8,13-16H,2-5,7,9-11H2,1H3,(H,18,22)/t14-,15-,16+/m0/s1. The SMILES string of the molecule is Cn1cc(CN2CC[C@H]3[C@H](CO[C@@H]3CNC(=O)C3CC3)C2)cn1. The molecule has 0 spiro atoms. The fraction of sp³-hybridized carbons (Fsp3) is 0.765. The number of ether oxygens (including phenoxy) is 1. The van der Waals surface area contributed by atoms with Crippen LogP contribution in [0.2, 0.25) is 0 Å². The van der Waals surface area contributed by atoms with E-state index in [0.717, 1.165) is 45.5 Å². The average molecular weight is 318 g/mol. The molecule has 1 amide bonds. The summed E-state index contributed by atoms with van der Waals surface area (Å²) in [5, 5.41) is 7.33. The Morgan fingerprint density at radius 3 is 3.04 bits per heavy atom. The van der Waals surface area contributed by atoms with Crippen LogP contribution >= 0.6 is 0 Å². The first-order valence-electron chi connectivity index (χ1n) is 8.78. The van der Waals surface area contributed by atoms with Gasteiger partial charge in [-0.25, -0.2) is 0 Å². The molecule has 1 aromatic heterocycles. The van der Waals surface area contributed by atoms with Crippen LogP contribution in [-0.4, -0.2) is 52.9 Å². The van der Waals surface area contributed by atoms with Crippen LogP contribution in [-0.2, 0) is 23.1 Å². The van der Waals surface area contributed by atoms with E-state index >= 15 is 0 Å². The van der Waals surface area contributed by atoms with Crippen molar-refractivity contribution in [3.63, 3.8) is 0 Å². The summed E-state index contributed by atoms with van der Waals surface area (Å²) >= 11 is 0. The highest BCUT2D eigenvalue weighted by Crippen LogP contribution is 2.35. The molecule has 23 heavy (non-hydrogen) atoms. The second kappa shape index (κ2) is 6.24. The fourth-order valence-corrected chi connectivity index (χ4v) is 4.02. The third-order valence-corrected chi connectivity index (χ3v) is 5.47. The first-order chi connectivity index (χ1) is 11.2. The van der Waals surface area contributed by atoms with Gasteiger partial charge in [-0.1, -0.05) is 0 Å². The molecule has 2 saturated heterocycles. The molecule has 1 N–H and O–H groups in total. The molecule has 2 aliphatic heterocycles. The first-order valence-corrected chi connectivity index (χ1v) is 8.78. The number of rotatable bonds is 5. The van der Waals surface area contributed by atoms with Crippen molar-refractivity contribution in [3.05, 3.63) is 18.0 Å². The Balaban J connectivity index is 1.27. The molecule has 0 aromatic carbocycles. The van der Waals surface area contributed by atoms with E-state index in [4.69, 9.17) is 4.74 Å². The lowest BCUT2D eigenvalue weighted by Gasteiger charge is -2.35. The lowest BCUT2D eigenvalue weighted by atomic mass is 9.84. The first kappa shape index (κ1) is 15.1. The largest absolute Gasteiger partial charge is 0.376 e. The van der Waals surface area contributed by atoms with E-state index in [0.29, 0.717) is 18.4 Å². The number of hydrogen-bond donors (Lipinski definition) is 1. The maximum Gasteiger partial charge on any atom is 0.223 e. The van der Waals surface area contributed by atoms with Crippen LogP contribution in [0.15, 0.2) is 12.4 Å². The van der Waals surface area contributed by atoms with Crippen molar-refractivity contribution in [2.75, 3.05) is 26.2 Å². The number of nitrogens with one attached hydrogen (secondary N) is 1. The van der Waals surface area contributed by atoms with Gasteiger partial charge in [0.25, 0.3) is 0 Å². The normalized spacial score (nSPS) is 31.1. The van der Waals surface area contributed by atoms with Crippen molar-refractivity contribution in [2.24, 2.45) is 24.8 Å². The molecular formula is C17H26N4O2. The number of nitrogens with zero attached hydrogens (tertiary/aromatic N) is 3. The van der Waals surface area contributed by atoms with Crippen LogP contribution in [0.5, 0.6) is 0 Å². The number of fused-ring (bicyclic) bond motifs is 1. The summed E-state index contributed by atoms with van der Waals surface area (Å²) in [6.45, 7) is 4.69. The summed E-state index contributed by atoms with van der Waals surface area (Å²) in [7, 11) is 1.96. The number of amides is 1. The Kier molecular flexibility index (Phi) is 4.11. The van der Waals surface area contributed by atoms with Gasteiger partial charge in [0.2, 0.25) is 5.91 Å². The van der Waals surface area contributed by atoms with Gasteiger partial charge in [-0.15, -0.1) is 0 Å². The van der Waals surface area contributed by atoms with Gasteiger partial charge in [0, 0.05) is 50.3 Å². The fourth-order valence-electron chi connectivity index (χ4n) is 4.02. The molecule has 126 valence electrons. The highest BCUT2D eigenvalue weighted by molar-refractivity contribution is 5.80. The number of carbonyl (C=O) groups is 1. The minimum Gasteiger partial charge on any atom is -0.376 e. The monoisotopic (exact) mass is 318 g/mol. The van der Waals surface area contributed by atoms with Crippen LogP contribution in [0.4, 0.5) is 0 Å². The van der Waals surface area contributed by atoms with E-state index in [2.05, 4.69) is 21.5 Å². The zero-order chi connectivity index (χ0) is 15.8. The molecule has 1 aromatic rings. The lowest BCUT2D eigenvalue weighted by Crippen LogP contribution is -2.43. The summed E-state index contributed by atoms with van der Waals surface area (Å²) in [5.41, 5.74) is 1.28. The molecule has 3 heterocycles. The average Bonchev–Trinajstić information content (AvgIpc) is 3.21. The zero-order valence-electron chi connectivity index (χ0n) is 13.8. The minimum atomic E-state index is 0.211. The van der Waals surface area contributed by atoms with E-state index in [1.807, 2.05) is 17.9 Å². The molecule has 6 nitrogen and oxygen atoms in total. The smallest absolute Gasteiger partial charge is 0.223 e. The number of aryl methyl sites for hydroxylation is 1. The summed E-state index contributed by atoms with van der Waals surface area (Å²) < 4.78 is 7.86. The summed E-state index contributed by atoms with van der Waals surface area (Å²) in [6, 6.07) is 0. The predicted octanol–water partition coefficient (Wildman–Crippen LogP) is 0.783. The summed E-state index contributed by atoms with van der Waals surface area (Å²) in [6.07, 6.45) is 7.54. The Morgan fingerprint density at radius 1 is 1.43 bits per heavy atom. The van der Waals surface area contributed by atoms with Crippen LogP contribution in [0.1, 0.15) is 24.8 Å². The van der Waals surface area contributed by atoms with Crippen molar-refractivity contribution in [2.45, 2.75) is 31.9 Å². The van der Waals surface area contributed by atoms with Gasteiger partial charge >= 0.3 is 0 Å². The lowest BCUT2D eigenvalue weighted by molar-refractivity contribution is -0.122. The van der Waals surface area contributed by atoms with Crippen LogP contribution < -0.4 is 5.32 Å². The van der Waals surface area contributed by atoms with Crippen molar-refractivity contribution < 1.29 is 9.53 Å². The second-order valence-corrected chi connectivity index (χ2v) is 7.36. The van der Waals surface area contributed by atoms with Gasteiger partial charge in [-0.3, -0.25) is 14.4 Å². The Hall–Kier alpha value is -1.40. The molecule has 6 heteroatoms. The number of hydrogen-bond acceptors (Lipinski definition) is 4. The number of likely N-dealkylation sites (tertiary alicyclic amines) is 1. The molecule has 3 aliphatic rings. The second-order valence-electron chi connectivity index (χ2n) is 7.36. The highest BCUT2D eigenvalue weighted by Gasteiger charge is 2.41. The Bertz CT molecular complexity index is 569. The maximum atomic E-state index is 11.8. The Labute approximate surface area is 137 Å². The highest BCUT2D eigenvalue weighted by atomic mass is 16.5. The molecule has 1 aliphatic carbocycles. The molecule has 0 unspecified atom stereocenters. The van der Waals surface area contributed by atoms with Crippen molar-refractivity contribution in [1.29, 1.82) is 0 Å². The van der Waals surface area contributed by atoms with Gasteiger partial charge in [-0.05, 0) is 31.7 Å². The van der Waals surface area contributed by atoms with Crippen LogP contribution in [0.3, 0.4) is 0 Å². The van der Waals surface area contributed by atoms with Crippen LogP contribution in [0.25, 0.3) is 0 Å². The predicted molar refractivity (Wildman–Crippen MR) is 85.6 cm³/mol. The molecule has 4 rings (SSSR count). The summed E-state index contributed by atoms with van der Waals surface area (Å²) in [5.74, 6) is 1.71. The zero-order valence-corrected chi connectivity index (χ0v) is 13.8. The number of piperidine rings is 1. The van der Waals surface area contributed by atoms with E-state index in [1.54, 1.807) is 0 Å². The summed E-state index contributed by atoms with van der Waals surface area (Å²) in [4.78, 5) is 14.3. The minimum absolute atomic E-state index is 0.211. The Morgan fingerprint density at radius 2 is 2.30 bits per heavy atom. The van der Waals surface area contributed by atoms with Gasteiger partial charge in [0.05, 0.1) is 18.9 Å². The topological polar surface area (TPSA) is 59.4 Å².